The molecule has 5 nitrogen and oxygen atoms in total. The van der Waals surface area contributed by atoms with Gasteiger partial charge in [-0.25, -0.2) is 0 Å². The molecule has 0 amide bonds. The van der Waals surface area contributed by atoms with Gasteiger partial charge in [0.1, 0.15) is 0 Å². The van der Waals surface area contributed by atoms with E-state index in [1.54, 1.807) is 0 Å². The predicted molar refractivity (Wildman–Crippen MR) is 30.2 cm³/mol. The van der Waals surface area contributed by atoms with Crippen molar-refractivity contribution in [1.82, 2.24) is 0 Å². The van der Waals surface area contributed by atoms with E-state index in [0.717, 1.165) is 0 Å². The molecule has 6 heteroatoms. The van der Waals surface area contributed by atoms with E-state index in [1.165, 1.54) is 14.0 Å². The van der Waals surface area contributed by atoms with Crippen LogP contribution < -0.4 is 10.2 Å². The summed E-state index contributed by atoms with van der Waals surface area (Å²) in [5.74, 6) is 0. The average Bonchev–Trinajstić information content (AvgIpc) is 1.65. The Hall–Kier alpha value is -0.0438. The summed E-state index contributed by atoms with van der Waals surface area (Å²) < 4.78 is 4.19. The maximum Gasteiger partial charge on any atom is 2.00 e. The first-order chi connectivity index (χ1) is 4.00. The number of carbonyl (C=O) groups is 1. The normalized spacial score (nSPS) is 9.90. The predicted octanol–water partition coefficient (Wildman–Crippen LogP) is -2.15. The molecule has 1 atom stereocenters. The van der Waals surface area contributed by atoms with Crippen LogP contribution in [-0.4, -0.2) is 47.7 Å². The van der Waals surface area contributed by atoms with Gasteiger partial charge in [-0.2, -0.15) is 0 Å². The largest absolute Gasteiger partial charge is 2.00 e. The fourth-order valence-corrected chi connectivity index (χ4v) is 0. The zero-order valence-electron chi connectivity index (χ0n) is 5.86. The van der Waals surface area contributed by atoms with Crippen LogP contribution >= 0.6 is 0 Å². The molecule has 1 N–H and O–H groups in total. The van der Waals surface area contributed by atoms with Gasteiger partial charge in [-0.15, -0.1) is 0 Å². The van der Waals surface area contributed by atoms with E-state index in [1.807, 2.05) is 0 Å². The second-order valence-corrected chi connectivity index (χ2v) is 1.07. The van der Waals surface area contributed by atoms with E-state index in [4.69, 9.17) is 15.0 Å². The molecule has 0 aliphatic rings. The minimum absolute atomic E-state index is 0. The van der Waals surface area contributed by atoms with E-state index in [0.29, 0.717) is 0 Å². The first-order valence-corrected chi connectivity index (χ1v) is 2.09. The van der Waals surface area contributed by atoms with Gasteiger partial charge in [0, 0.05) is 7.11 Å². The van der Waals surface area contributed by atoms with E-state index in [9.17, 15) is 5.11 Å². The van der Waals surface area contributed by atoms with Gasteiger partial charge >= 0.3 is 23.1 Å². The molecule has 0 bridgehead atoms. The molecule has 0 aliphatic heterocycles. The van der Waals surface area contributed by atoms with Crippen molar-refractivity contribution < 1.29 is 24.9 Å². The smallest absolute Gasteiger partial charge is 0.831 e. The number of hydrogen-bond donors (Lipinski definition) is 1. The van der Waals surface area contributed by atoms with E-state index < -0.39 is 12.4 Å². The van der Waals surface area contributed by atoms with Crippen LogP contribution in [0.15, 0.2) is 0 Å². The van der Waals surface area contributed by atoms with Gasteiger partial charge in [0.05, 0.1) is 0 Å². The molecular formula is C4H8MgO5. The molecule has 0 saturated carbocycles. The second-order valence-electron chi connectivity index (χ2n) is 1.07. The van der Waals surface area contributed by atoms with Crippen LogP contribution in [0.3, 0.4) is 0 Å². The number of rotatable bonds is 1. The van der Waals surface area contributed by atoms with Crippen molar-refractivity contribution in [2.75, 3.05) is 7.11 Å². The van der Waals surface area contributed by atoms with E-state index in [-0.39, 0.29) is 23.1 Å². The van der Waals surface area contributed by atoms with E-state index in [2.05, 4.69) is 4.74 Å². The average molecular weight is 160 g/mol. The molecule has 0 aliphatic carbocycles. The van der Waals surface area contributed by atoms with Crippen molar-refractivity contribution in [2.45, 2.75) is 13.2 Å². The number of methoxy groups -OCH3 is 1. The third-order valence-corrected chi connectivity index (χ3v) is 0.332. The standard InChI is InChI=1S/C3H7O2.CH2O3.Mg/c1-3(4)5-2;2-1(3)4;/h3H,1-2H3;(H2,2,3,4);/q-1;;+2/p-1. The summed E-state index contributed by atoms with van der Waals surface area (Å²) in [4.78, 5) is 8.44. The molecule has 0 aromatic rings. The third-order valence-electron chi connectivity index (χ3n) is 0.332. The van der Waals surface area contributed by atoms with Gasteiger partial charge in [-0.1, -0.05) is 6.92 Å². The van der Waals surface area contributed by atoms with Crippen LogP contribution in [0.2, 0.25) is 0 Å². The van der Waals surface area contributed by atoms with Crippen molar-refractivity contribution in [3.63, 3.8) is 0 Å². The summed E-state index contributed by atoms with van der Waals surface area (Å²) >= 11 is 0. The van der Waals surface area contributed by atoms with Gasteiger partial charge in [0.25, 0.3) is 0 Å². The molecule has 10 heavy (non-hydrogen) atoms. The number of hydrogen-bond acceptors (Lipinski definition) is 4. The summed E-state index contributed by atoms with van der Waals surface area (Å²) in [6.07, 6.45) is -2.95. The molecule has 56 valence electrons. The molecule has 0 aromatic heterocycles. The van der Waals surface area contributed by atoms with Gasteiger partial charge in [0.15, 0.2) is 0 Å². The van der Waals surface area contributed by atoms with Crippen LogP contribution in [-0.2, 0) is 4.74 Å². The molecular weight excluding hydrogens is 152 g/mol. The quantitative estimate of drug-likeness (QED) is 0.349. The summed E-state index contributed by atoms with van der Waals surface area (Å²) in [5.41, 5.74) is 0. The molecule has 0 aromatic carbocycles. The molecule has 0 fully saturated rings. The van der Waals surface area contributed by atoms with Crippen LogP contribution in [0.5, 0.6) is 0 Å². The first kappa shape index (κ1) is 16.5. The van der Waals surface area contributed by atoms with E-state index >= 15 is 0 Å². The zero-order chi connectivity index (χ0) is 7.86. The fourth-order valence-electron chi connectivity index (χ4n) is 0. The first-order valence-electron chi connectivity index (χ1n) is 2.09. The minimum atomic E-state index is -2.08. The number of ether oxygens (including phenoxy) is 1. The van der Waals surface area contributed by atoms with Gasteiger partial charge in [-0.05, 0) is 6.29 Å². The van der Waals surface area contributed by atoms with Gasteiger partial charge in [-0.3, -0.25) is 0 Å². The third kappa shape index (κ3) is 101. The topological polar surface area (TPSA) is 92.7 Å². The SMILES string of the molecule is COC(C)[O-].O=C([O-])O.[Mg+2]. The van der Waals surface area contributed by atoms with Crippen molar-refractivity contribution in [1.29, 1.82) is 0 Å². The molecule has 1 unspecified atom stereocenters. The van der Waals surface area contributed by atoms with Crippen LogP contribution in [0.4, 0.5) is 4.79 Å². The summed E-state index contributed by atoms with van der Waals surface area (Å²) in [7, 11) is 1.39. The monoisotopic (exact) mass is 160 g/mol. The molecule has 0 spiro atoms. The van der Waals surface area contributed by atoms with Crippen molar-refractivity contribution in [3.8, 4) is 0 Å². The van der Waals surface area contributed by atoms with Gasteiger partial charge < -0.3 is 24.9 Å². The Morgan fingerprint density at radius 3 is 1.80 bits per heavy atom. The summed E-state index contributed by atoms with van der Waals surface area (Å²) in [6, 6.07) is 0. The molecule has 0 heterocycles. The number of carboxylic acid groups (broad SMARTS) is 2. The van der Waals surface area contributed by atoms with Crippen molar-refractivity contribution in [2.24, 2.45) is 0 Å². The maximum atomic E-state index is 9.67. The summed E-state index contributed by atoms with van der Waals surface area (Å²) in [5, 5.41) is 25.0. The van der Waals surface area contributed by atoms with Crippen molar-refractivity contribution in [3.05, 3.63) is 0 Å². The zero-order valence-corrected chi connectivity index (χ0v) is 7.28. The molecule has 0 rings (SSSR count). The van der Waals surface area contributed by atoms with Gasteiger partial charge in [0.2, 0.25) is 6.16 Å². The Labute approximate surface area is 74.8 Å². The van der Waals surface area contributed by atoms with Crippen molar-refractivity contribution >= 4 is 29.2 Å². The molecule has 0 saturated heterocycles. The Bertz CT molecular complexity index is 70.0. The maximum absolute atomic E-state index is 9.67. The second kappa shape index (κ2) is 11.7. The Kier molecular flexibility index (Phi) is 19.3. The summed E-state index contributed by atoms with van der Waals surface area (Å²) in [6.45, 7) is 1.44. The minimum Gasteiger partial charge on any atom is -0.831 e. The Morgan fingerprint density at radius 1 is 1.70 bits per heavy atom. The Balaban J connectivity index is -0.0000000910. The fraction of sp³-hybridized carbons (Fsp3) is 0.750. The Morgan fingerprint density at radius 2 is 1.80 bits per heavy atom. The van der Waals surface area contributed by atoms with Crippen LogP contribution in [0.1, 0.15) is 6.92 Å². The van der Waals surface area contributed by atoms with Crippen LogP contribution in [0, 0.1) is 0 Å². The molecule has 0 radical (unpaired) electrons. The van der Waals surface area contributed by atoms with Crippen LogP contribution in [0.25, 0.3) is 0 Å².